The number of nitrogens with one attached hydrogen (secondary N) is 2. The minimum atomic E-state index is -3.52. The van der Waals surface area contributed by atoms with Gasteiger partial charge in [0.05, 0.1) is 22.4 Å². The van der Waals surface area contributed by atoms with Crippen molar-refractivity contribution in [2.24, 2.45) is 0 Å². The SMILES string of the molecule is CS(=O)(=O)Nc1ccccc1C(=O)NCc1ccc(S(=O)(=O)N2CCCC2)cc1. The number of amides is 1. The molecular weight excluding hydrogens is 414 g/mol. The van der Waals surface area contributed by atoms with Crippen LogP contribution in [-0.4, -0.2) is 46.4 Å². The van der Waals surface area contributed by atoms with Gasteiger partial charge in [0.25, 0.3) is 5.91 Å². The van der Waals surface area contributed by atoms with Crippen LogP contribution in [0.1, 0.15) is 28.8 Å². The van der Waals surface area contributed by atoms with Crippen LogP contribution in [0.3, 0.4) is 0 Å². The first-order valence-electron chi connectivity index (χ1n) is 9.11. The van der Waals surface area contributed by atoms with Gasteiger partial charge >= 0.3 is 0 Å². The Balaban J connectivity index is 1.67. The third-order valence-corrected chi connectivity index (χ3v) is 7.05. The molecule has 0 aromatic heterocycles. The highest BCUT2D eigenvalue weighted by Crippen LogP contribution is 2.21. The minimum absolute atomic E-state index is 0.177. The monoisotopic (exact) mass is 437 g/mol. The number of hydrogen-bond acceptors (Lipinski definition) is 5. The fourth-order valence-electron chi connectivity index (χ4n) is 3.10. The van der Waals surface area contributed by atoms with E-state index in [4.69, 9.17) is 0 Å². The quantitative estimate of drug-likeness (QED) is 0.686. The number of carbonyl (C=O) groups excluding carboxylic acids is 1. The fraction of sp³-hybridized carbons (Fsp3) is 0.316. The lowest BCUT2D eigenvalue weighted by Gasteiger charge is -2.15. The van der Waals surface area contributed by atoms with Crippen molar-refractivity contribution >= 4 is 31.6 Å². The summed E-state index contributed by atoms with van der Waals surface area (Å²) < 4.78 is 51.8. The van der Waals surface area contributed by atoms with E-state index in [1.54, 1.807) is 24.3 Å². The second-order valence-corrected chi connectivity index (χ2v) is 10.5. The molecular formula is C19H23N3O5S2. The van der Waals surface area contributed by atoms with Gasteiger partial charge in [-0.1, -0.05) is 24.3 Å². The number of rotatable bonds is 7. The predicted molar refractivity (Wildman–Crippen MR) is 111 cm³/mol. The van der Waals surface area contributed by atoms with Gasteiger partial charge in [-0.3, -0.25) is 9.52 Å². The Morgan fingerprint density at radius 3 is 2.21 bits per heavy atom. The molecule has 2 N–H and O–H groups in total. The Labute approximate surface area is 171 Å². The van der Waals surface area contributed by atoms with Crippen molar-refractivity contribution in [3.05, 3.63) is 59.7 Å². The third-order valence-electron chi connectivity index (χ3n) is 4.55. The molecule has 1 aliphatic heterocycles. The molecule has 0 bridgehead atoms. The van der Waals surface area contributed by atoms with E-state index in [1.807, 2.05) is 0 Å². The van der Waals surface area contributed by atoms with E-state index in [9.17, 15) is 21.6 Å². The molecule has 1 heterocycles. The molecule has 0 spiro atoms. The normalized spacial score (nSPS) is 15.2. The van der Waals surface area contributed by atoms with Crippen molar-refractivity contribution < 1.29 is 21.6 Å². The first-order chi connectivity index (χ1) is 13.7. The largest absolute Gasteiger partial charge is 0.348 e. The molecule has 3 rings (SSSR count). The molecule has 0 radical (unpaired) electrons. The number of benzene rings is 2. The van der Waals surface area contributed by atoms with Gasteiger partial charge in [0.2, 0.25) is 20.0 Å². The maximum absolute atomic E-state index is 12.5. The lowest BCUT2D eigenvalue weighted by atomic mass is 10.1. The van der Waals surface area contributed by atoms with Crippen LogP contribution in [0.15, 0.2) is 53.4 Å². The topological polar surface area (TPSA) is 113 Å². The lowest BCUT2D eigenvalue weighted by molar-refractivity contribution is 0.0951. The molecule has 1 fully saturated rings. The van der Waals surface area contributed by atoms with Crippen LogP contribution in [0.4, 0.5) is 5.69 Å². The smallest absolute Gasteiger partial charge is 0.253 e. The summed E-state index contributed by atoms with van der Waals surface area (Å²) in [6.07, 6.45) is 2.76. The molecule has 8 nitrogen and oxygen atoms in total. The van der Waals surface area contributed by atoms with Crippen LogP contribution in [-0.2, 0) is 26.6 Å². The maximum atomic E-state index is 12.5. The zero-order valence-electron chi connectivity index (χ0n) is 16.0. The van der Waals surface area contributed by atoms with E-state index in [0.717, 1.165) is 24.7 Å². The van der Waals surface area contributed by atoms with Crippen molar-refractivity contribution in [3.8, 4) is 0 Å². The lowest BCUT2D eigenvalue weighted by Crippen LogP contribution is -2.28. The van der Waals surface area contributed by atoms with Crippen molar-refractivity contribution in [1.82, 2.24) is 9.62 Å². The molecule has 1 saturated heterocycles. The standard InChI is InChI=1S/C19H23N3O5S2/c1-28(24,25)21-18-7-3-2-6-17(18)19(23)20-14-15-8-10-16(11-9-15)29(26,27)22-12-4-5-13-22/h2-3,6-11,21H,4-5,12-14H2,1H3,(H,20,23). The molecule has 0 unspecified atom stereocenters. The molecule has 2 aromatic carbocycles. The second-order valence-electron chi connectivity index (χ2n) is 6.86. The average Bonchev–Trinajstić information content (AvgIpc) is 3.21. The van der Waals surface area contributed by atoms with Crippen molar-refractivity contribution in [1.29, 1.82) is 0 Å². The Bertz CT molecular complexity index is 1090. The summed E-state index contributed by atoms with van der Waals surface area (Å²) in [4.78, 5) is 12.7. The van der Waals surface area contributed by atoms with Gasteiger partial charge in [-0.15, -0.1) is 0 Å². The van der Waals surface area contributed by atoms with Gasteiger partial charge in [0.15, 0.2) is 0 Å². The summed E-state index contributed by atoms with van der Waals surface area (Å²) >= 11 is 0. The Morgan fingerprint density at radius 1 is 0.966 bits per heavy atom. The van der Waals surface area contributed by atoms with Crippen molar-refractivity contribution in [3.63, 3.8) is 0 Å². The summed E-state index contributed by atoms with van der Waals surface area (Å²) in [6.45, 7) is 1.26. The third kappa shape index (κ3) is 5.34. The molecule has 1 amide bonds. The summed E-state index contributed by atoms with van der Waals surface area (Å²) in [5.41, 5.74) is 1.12. The number of hydrogen-bond donors (Lipinski definition) is 2. The van der Waals surface area contributed by atoms with Gasteiger partial charge in [0, 0.05) is 19.6 Å². The van der Waals surface area contributed by atoms with Gasteiger partial charge in [-0.25, -0.2) is 16.8 Å². The van der Waals surface area contributed by atoms with E-state index >= 15 is 0 Å². The highest BCUT2D eigenvalue weighted by atomic mass is 32.2. The Hall–Kier alpha value is -2.43. The van der Waals surface area contributed by atoms with E-state index in [1.165, 1.54) is 28.6 Å². The Kier molecular flexibility index (Phi) is 6.25. The molecule has 29 heavy (non-hydrogen) atoms. The summed E-state index contributed by atoms with van der Waals surface area (Å²) in [5, 5.41) is 2.72. The summed E-state index contributed by atoms with van der Waals surface area (Å²) in [6, 6.07) is 12.7. The number of nitrogens with zero attached hydrogens (tertiary/aromatic N) is 1. The predicted octanol–water partition coefficient (Wildman–Crippen LogP) is 1.77. The van der Waals surface area contributed by atoms with Crippen LogP contribution in [0.2, 0.25) is 0 Å². The number of para-hydroxylation sites is 1. The van der Waals surface area contributed by atoms with Crippen molar-refractivity contribution in [2.45, 2.75) is 24.3 Å². The first kappa shape index (κ1) is 21.3. The summed E-state index contributed by atoms with van der Waals surface area (Å²) in [7, 11) is -6.99. The van der Waals surface area contributed by atoms with Gasteiger partial charge < -0.3 is 5.32 Å². The highest BCUT2D eigenvalue weighted by Gasteiger charge is 2.26. The van der Waals surface area contributed by atoms with Crippen LogP contribution in [0, 0.1) is 0 Å². The van der Waals surface area contributed by atoms with E-state index in [0.29, 0.717) is 13.1 Å². The van der Waals surface area contributed by atoms with Gasteiger partial charge in [-0.05, 0) is 42.7 Å². The van der Waals surface area contributed by atoms with Crippen LogP contribution in [0.25, 0.3) is 0 Å². The molecule has 10 heteroatoms. The second kappa shape index (κ2) is 8.52. The van der Waals surface area contributed by atoms with Crippen LogP contribution >= 0.6 is 0 Å². The molecule has 0 saturated carbocycles. The zero-order chi connectivity index (χ0) is 21.1. The number of carbonyl (C=O) groups is 1. The van der Waals surface area contributed by atoms with E-state index < -0.39 is 26.0 Å². The van der Waals surface area contributed by atoms with Gasteiger partial charge in [-0.2, -0.15) is 4.31 Å². The summed E-state index contributed by atoms with van der Waals surface area (Å²) in [5.74, 6) is -0.439. The van der Waals surface area contributed by atoms with Crippen molar-refractivity contribution in [2.75, 3.05) is 24.1 Å². The first-order valence-corrected chi connectivity index (χ1v) is 12.4. The average molecular weight is 438 g/mol. The van der Waals surface area contributed by atoms with E-state index in [2.05, 4.69) is 10.0 Å². The molecule has 156 valence electrons. The van der Waals surface area contributed by atoms with Gasteiger partial charge in [0.1, 0.15) is 0 Å². The number of sulfonamides is 2. The number of anilines is 1. The molecule has 0 aliphatic carbocycles. The Morgan fingerprint density at radius 2 is 1.59 bits per heavy atom. The maximum Gasteiger partial charge on any atom is 0.253 e. The van der Waals surface area contributed by atoms with Crippen LogP contribution in [0.5, 0.6) is 0 Å². The fourth-order valence-corrected chi connectivity index (χ4v) is 5.20. The van der Waals surface area contributed by atoms with Crippen LogP contribution < -0.4 is 10.0 Å². The highest BCUT2D eigenvalue weighted by molar-refractivity contribution is 7.92. The van der Waals surface area contributed by atoms with E-state index in [-0.39, 0.29) is 22.7 Å². The molecule has 2 aromatic rings. The zero-order valence-corrected chi connectivity index (χ0v) is 17.6. The molecule has 1 aliphatic rings. The minimum Gasteiger partial charge on any atom is -0.348 e. The molecule has 0 atom stereocenters.